The molecule has 0 aliphatic carbocycles. The second-order valence-corrected chi connectivity index (χ2v) is 4.05. The highest BCUT2D eigenvalue weighted by Crippen LogP contribution is 2.12. The van der Waals surface area contributed by atoms with Crippen LogP contribution in [0.1, 0.15) is 21.5 Å². The van der Waals surface area contributed by atoms with Crippen LogP contribution in [0, 0.1) is 12.7 Å². The normalized spacial score (nSPS) is 10.4. The number of aryl methyl sites for hydroxylation is 2. The van der Waals surface area contributed by atoms with Crippen molar-refractivity contribution in [1.29, 1.82) is 0 Å². The van der Waals surface area contributed by atoms with Gasteiger partial charge in [0.25, 0.3) is 0 Å². The second-order valence-electron chi connectivity index (χ2n) is 4.05. The highest BCUT2D eigenvalue weighted by atomic mass is 19.1. The van der Waals surface area contributed by atoms with Crippen molar-refractivity contribution in [2.45, 2.75) is 13.5 Å². The van der Waals surface area contributed by atoms with Crippen LogP contribution >= 0.6 is 0 Å². The Hall–Kier alpha value is -2.17. The third-order valence-corrected chi connectivity index (χ3v) is 2.60. The lowest BCUT2D eigenvalue weighted by Crippen LogP contribution is -2.05. The molecule has 0 saturated carbocycles. The minimum atomic E-state index is -0.438. The molecule has 1 heterocycles. The summed E-state index contributed by atoms with van der Waals surface area (Å²) in [5.74, 6) is -0.735. The molecule has 5 heteroatoms. The zero-order chi connectivity index (χ0) is 13.1. The summed E-state index contributed by atoms with van der Waals surface area (Å²) in [6, 6.07) is 4.37. The molecule has 1 aromatic carbocycles. The molecule has 94 valence electrons. The van der Waals surface area contributed by atoms with Gasteiger partial charge in [-0.15, -0.1) is 0 Å². The van der Waals surface area contributed by atoms with Crippen LogP contribution in [-0.4, -0.2) is 15.7 Å². The topological polar surface area (TPSA) is 44.1 Å². The lowest BCUT2D eigenvalue weighted by atomic mass is 10.1. The fraction of sp³-hybridized carbons (Fsp3) is 0.231. The summed E-state index contributed by atoms with van der Waals surface area (Å²) >= 11 is 0. The summed E-state index contributed by atoms with van der Waals surface area (Å²) in [5, 5.41) is 3.89. The van der Waals surface area contributed by atoms with Crippen LogP contribution < -0.4 is 0 Å². The van der Waals surface area contributed by atoms with Gasteiger partial charge in [-0.25, -0.2) is 9.18 Å². The van der Waals surface area contributed by atoms with E-state index in [4.69, 9.17) is 4.74 Å². The van der Waals surface area contributed by atoms with Crippen LogP contribution in [0.25, 0.3) is 0 Å². The van der Waals surface area contributed by atoms with Gasteiger partial charge in [-0.3, -0.25) is 4.68 Å². The van der Waals surface area contributed by atoms with E-state index in [1.165, 1.54) is 23.0 Å². The molecule has 0 N–H and O–H groups in total. The summed E-state index contributed by atoms with van der Waals surface area (Å²) in [5.41, 5.74) is 1.94. The molecule has 0 amide bonds. The number of hydrogen-bond donors (Lipinski definition) is 0. The number of carbonyl (C=O) groups excluding carboxylic acids is 1. The van der Waals surface area contributed by atoms with Crippen molar-refractivity contribution in [2.75, 3.05) is 0 Å². The number of rotatable bonds is 3. The molecule has 1 aromatic heterocycles. The van der Waals surface area contributed by atoms with E-state index in [0.29, 0.717) is 5.56 Å². The van der Waals surface area contributed by atoms with Gasteiger partial charge in [-0.2, -0.15) is 5.10 Å². The van der Waals surface area contributed by atoms with Crippen LogP contribution in [0.5, 0.6) is 0 Å². The molecule has 2 rings (SSSR count). The Kier molecular flexibility index (Phi) is 3.41. The number of halogens is 1. The minimum Gasteiger partial charge on any atom is -0.457 e. The van der Waals surface area contributed by atoms with Gasteiger partial charge in [0.05, 0.1) is 11.8 Å². The summed E-state index contributed by atoms with van der Waals surface area (Å²) in [7, 11) is 1.72. The van der Waals surface area contributed by atoms with E-state index in [0.717, 1.165) is 11.1 Å². The maximum absolute atomic E-state index is 12.9. The maximum Gasteiger partial charge on any atom is 0.341 e. The number of benzene rings is 1. The van der Waals surface area contributed by atoms with Gasteiger partial charge >= 0.3 is 5.97 Å². The van der Waals surface area contributed by atoms with Crippen LogP contribution in [0.3, 0.4) is 0 Å². The van der Waals surface area contributed by atoms with Crippen molar-refractivity contribution in [3.05, 3.63) is 53.1 Å². The number of aromatic nitrogens is 2. The fourth-order valence-electron chi connectivity index (χ4n) is 1.57. The molecule has 4 nitrogen and oxygen atoms in total. The van der Waals surface area contributed by atoms with Gasteiger partial charge in [0.2, 0.25) is 0 Å². The Morgan fingerprint density at radius 2 is 2.28 bits per heavy atom. The van der Waals surface area contributed by atoms with Gasteiger partial charge in [-0.1, -0.05) is 6.07 Å². The fourth-order valence-corrected chi connectivity index (χ4v) is 1.57. The predicted molar refractivity (Wildman–Crippen MR) is 63.5 cm³/mol. The predicted octanol–water partition coefficient (Wildman–Crippen LogP) is 2.22. The monoisotopic (exact) mass is 248 g/mol. The first-order valence-electron chi connectivity index (χ1n) is 5.47. The lowest BCUT2D eigenvalue weighted by Gasteiger charge is -2.06. The molecule has 0 fully saturated rings. The largest absolute Gasteiger partial charge is 0.457 e. The molecule has 0 aliphatic heterocycles. The molecule has 18 heavy (non-hydrogen) atoms. The van der Waals surface area contributed by atoms with E-state index in [-0.39, 0.29) is 12.4 Å². The Balaban J connectivity index is 2.01. The second kappa shape index (κ2) is 5.00. The molecule has 0 unspecified atom stereocenters. The van der Waals surface area contributed by atoms with Crippen LogP contribution in [-0.2, 0) is 18.4 Å². The Bertz CT molecular complexity index is 578. The molecule has 0 aliphatic rings. The first kappa shape index (κ1) is 12.3. The highest BCUT2D eigenvalue weighted by molar-refractivity contribution is 5.88. The molecule has 0 bridgehead atoms. The SMILES string of the molecule is Cc1cc(F)ccc1COC(=O)c1cnn(C)c1. The summed E-state index contributed by atoms with van der Waals surface area (Å²) in [4.78, 5) is 11.7. The first-order chi connectivity index (χ1) is 8.56. The number of ether oxygens (including phenoxy) is 1. The standard InChI is InChI=1S/C13H13FN2O2/c1-9-5-12(14)4-3-10(9)8-18-13(17)11-6-15-16(2)7-11/h3-7H,8H2,1-2H3. The number of hydrogen-bond acceptors (Lipinski definition) is 3. The van der Waals surface area contributed by atoms with Crippen LogP contribution in [0.15, 0.2) is 30.6 Å². The van der Waals surface area contributed by atoms with Gasteiger partial charge in [-0.05, 0) is 30.2 Å². The summed E-state index contributed by atoms with van der Waals surface area (Å²) in [6.45, 7) is 1.90. The van der Waals surface area contributed by atoms with E-state index in [1.807, 2.05) is 0 Å². The minimum absolute atomic E-state index is 0.125. The van der Waals surface area contributed by atoms with Crippen molar-refractivity contribution in [3.8, 4) is 0 Å². The third-order valence-electron chi connectivity index (χ3n) is 2.60. The van der Waals surface area contributed by atoms with E-state index >= 15 is 0 Å². The van der Waals surface area contributed by atoms with Crippen molar-refractivity contribution in [1.82, 2.24) is 9.78 Å². The summed E-state index contributed by atoms with van der Waals surface area (Å²) in [6.07, 6.45) is 3.03. The average molecular weight is 248 g/mol. The van der Waals surface area contributed by atoms with Crippen LogP contribution in [0.4, 0.5) is 4.39 Å². The van der Waals surface area contributed by atoms with Crippen molar-refractivity contribution in [3.63, 3.8) is 0 Å². The Labute approximate surface area is 104 Å². The zero-order valence-corrected chi connectivity index (χ0v) is 10.2. The molecule has 2 aromatic rings. The molecular weight excluding hydrogens is 235 g/mol. The van der Waals surface area contributed by atoms with Gasteiger partial charge < -0.3 is 4.74 Å². The molecule has 0 atom stereocenters. The van der Waals surface area contributed by atoms with E-state index in [9.17, 15) is 9.18 Å². The van der Waals surface area contributed by atoms with E-state index in [1.54, 1.807) is 26.2 Å². The summed E-state index contributed by atoms with van der Waals surface area (Å²) < 4.78 is 19.6. The van der Waals surface area contributed by atoms with Crippen LogP contribution in [0.2, 0.25) is 0 Å². The van der Waals surface area contributed by atoms with Crippen molar-refractivity contribution in [2.24, 2.45) is 7.05 Å². The average Bonchev–Trinajstić information content (AvgIpc) is 2.74. The molecule has 0 radical (unpaired) electrons. The van der Waals surface area contributed by atoms with Gasteiger partial charge in [0.15, 0.2) is 0 Å². The zero-order valence-electron chi connectivity index (χ0n) is 10.2. The van der Waals surface area contributed by atoms with Crippen molar-refractivity contribution < 1.29 is 13.9 Å². The smallest absolute Gasteiger partial charge is 0.341 e. The molecule has 0 spiro atoms. The Morgan fingerprint density at radius 1 is 1.50 bits per heavy atom. The van der Waals surface area contributed by atoms with E-state index in [2.05, 4.69) is 5.10 Å². The molecular formula is C13H13FN2O2. The number of esters is 1. The van der Waals surface area contributed by atoms with Gasteiger partial charge in [0.1, 0.15) is 12.4 Å². The molecule has 0 saturated heterocycles. The first-order valence-corrected chi connectivity index (χ1v) is 5.47. The third kappa shape index (κ3) is 2.74. The lowest BCUT2D eigenvalue weighted by molar-refractivity contribution is 0.0472. The maximum atomic E-state index is 12.9. The highest BCUT2D eigenvalue weighted by Gasteiger charge is 2.10. The number of nitrogens with zero attached hydrogens (tertiary/aromatic N) is 2. The quantitative estimate of drug-likeness (QED) is 0.782. The van der Waals surface area contributed by atoms with E-state index < -0.39 is 5.97 Å². The van der Waals surface area contributed by atoms with Crippen molar-refractivity contribution >= 4 is 5.97 Å². The number of carbonyl (C=O) groups is 1. The Morgan fingerprint density at radius 3 is 2.89 bits per heavy atom. The van der Waals surface area contributed by atoms with Gasteiger partial charge in [0, 0.05) is 13.2 Å².